The molecule has 2 nitrogen and oxygen atoms in total. The van der Waals surface area contributed by atoms with Crippen LogP contribution in [0.5, 0.6) is 0 Å². The van der Waals surface area contributed by atoms with Gasteiger partial charge in [0.1, 0.15) is 5.82 Å². The molecule has 2 N–H and O–H groups in total. The Hall–Kier alpha value is -1.45. The molecule has 88 valence electrons. The summed E-state index contributed by atoms with van der Waals surface area (Å²) in [5.41, 5.74) is 7.77. The van der Waals surface area contributed by atoms with Crippen LogP contribution in [0.1, 0.15) is 17.3 Å². The van der Waals surface area contributed by atoms with Gasteiger partial charge in [0.05, 0.1) is 16.8 Å². The summed E-state index contributed by atoms with van der Waals surface area (Å²) in [6.45, 7) is 0. The van der Waals surface area contributed by atoms with Gasteiger partial charge in [-0.2, -0.15) is 0 Å². The lowest BCUT2D eigenvalue weighted by Crippen LogP contribution is -2.14. The van der Waals surface area contributed by atoms with Gasteiger partial charge in [-0.25, -0.2) is 4.39 Å². The molecule has 0 aliphatic rings. The zero-order chi connectivity index (χ0) is 12.3. The summed E-state index contributed by atoms with van der Waals surface area (Å²) in [6.07, 6.45) is 2.19. The number of hydrogen-bond acceptors (Lipinski definition) is 2. The molecule has 0 fully saturated rings. The lowest BCUT2D eigenvalue weighted by Gasteiger charge is -2.11. The van der Waals surface area contributed by atoms with Crippen molar-refractivity contribution < 1.29 is 4.39 Å². The molecule has 1 unspecified atom stereocenters. The lowest BCUT2D eigenvalue weighted by molar-refractivity contribution is 0.625. The summed E-state index contributed by atoms with van der Waals surface area (Å²) in [6, 6.07) is 9.66. The molecule has 2 rings (SSSR count). The Morgan fingerprint density at radius 3 is 2.47 bits per heavy atom. The van der Waals surface area contributed by atoms with Crippen LogP contribution in [0.2, 0.25) is 5.02 Å². The van der Waals surface area contributed by atoms with Gasteiger partial charge >= 0.3 is 0 Å². The second kappa shape index (κ2) is 5.25. The minimum Gasteiger partial charge on any atom is -0.322 e. The zero-order valence-electron chi connectivity index (χ0n) is 9.11. The van der Waals surface area contributed by atoms with Crippen molar-refractivity contribution in [1.82, 2.24) is 4.98 Å². The normalized spacial score (nSPS) is 12.4. The summed E-state index contributed by atoms with van der Waals surface area (Å²) in [5, 5.41) is 0.586. The second-order valence-corrected chi connectivity index (χ2v) is 4.27. The fraction of sp³-hybridized carbons (Fsp3) is 0.154. The van der Waals surface area contributed by atoms with Crippen LogP contribution in [-0.2, 0) is 6.42 Å². The Labute approximate surface area is 104 Å². The van der Waals surface area contributed by atoms with Crippen LogP contribution in [0.25, 0.3) is 0 Å². The van der Waals surface area contributed by atoms with Crippen molar-refractivity contribution in [1.29, 1.82) is 0 Å². The molecule has 4 heteroatoms. The number of pyridine rings is 1. The van der Waals surface area contributed by atoms with Gasteiger partial charge in [0, 0.05) is 6.20 Å². The SMILES string of the molecule is NC(Cc1ccc(F)cc1)c1ccc(Cl)cn1. The largest absolute Gasteiger partial charge is 0.322 e. The molecular weight excluding hydrogens is 239 g/mol. The molecule has 0 bridgehead atoms. The van der Waals surface area contributed by atoms with E-state index in [1.54, 1.807) is 30.5 Å². The van der Waals surface area contributed by atoms with Crippen LogP contribution in [0.15, 0.2) is 42.6 Å². The van der Waals surface area contributed by atoms with E-state index in [9.17, 15) is 4.39 Å². The molecule has 0 aliphatic carbocycles. The lowest BCUT2D eigenvalue weighted by atomic mass is 10.0. The number of nitrogens with two attached hydrogens (primary N) is 1. The number of halogens is 2. The van der Waals surface area contributed by atoms with E-state index in [4.69, 9.17) is 17.3 Å². The van der Waals surface area contributed by atoms with Gasteiger partial charge in [0.2, 0.25) is 0 Å². The van der Waals surface area contributed by atoms with Crippen LogP contribution in [-0.4, -0.2) is 4.98 Å². The number of rotatable bonds is 3. The molecule has 1 atom stereocenters. The molecule has 2 aromatic rings. The molecule has 0 saturated heterocycles. The van der Waals surface area contributed by atoms with Gasteiger partial charge in [-0.05, 0) is 36.2 Å². The maximum absolute atomic E-state index is 12.7. The zero-order valence-corrected chi connectivity index (χ0v) is 9.86. The van der Waals surface area contributed by atoms with Crippen molar-refractivity contribution >= 4 is 11.6 Å². The highest BCUT2D eigenvalue weighted by molar-refractivity contribution is 6.30. The molecule has 0 aliphatic heterocycles. The number of aromatic nitrogens is 1. The van der Waals surface area contributed by atoms with Gasteiger partial charge in [0.25, 0.3) is 0 Å². The Morgan fingerprint density at radius 2 is 1.88 bits per heavy atom. The minimum absolute atomic E-state index is 0.210. The van der Waals surface area contributed by atoms with Crippen LogP contribution in [0, 0.1) is 5.82 Å². The minimum atomic E-state index is -0.244. The van der Waals surface area contributed by atoms with E-state index < -0.39 is 0 Å². The molecular formula is C13H12ClFN2. The van der Waals surface area contributed by atoms with Crippen molar-refractivity contribution in [3.63, 3.8) is 0 Å². The first-order valence-corrected chi connectivity index (χ1v) is 5.64. The highest BCUT2D eigenvalue weighted by Crippen LogP contribution is 2.16. The third-order valence-electron chi connectivity index (χ3n) is 2.50. The number of benzene rings is 1. The van der Waals surface area contributed by atoms with Crippen LogP contribution in [0.3, 0.4) is 0 Å². The first-order chi connectivity index (χ1) is 8.15. The predicted octanol–water partition coefficient (Wildman–Crippen LogP) is 3.12. The van der Waals surface area contributed by atoms with Gasteiger partial charge in [-0.1, -0.05) is 23.7 Å². The van der Waals surface area contributed by atoms with Crippen molar-refractivity contribution in [2.45, 2.75) is 12.5 Å². The standard InChI is InChI=1S/C13H12ClFN2/c14-10-3-6-13(17-8-10)12(16)7-9-1-4-11(15)5-2-9/h1-6,8,12H,7,16H2. The van der Waals surface area contributed by atoms with Gasteiger partial charge in [0.15, 0.2) is 0 Å². The fourth-order valence-corrected chi connectivity index (χ4v) is 1.70. The first-order valence-electron chi connectivity index (χ1n) is 5.26. The van der Waals surface area contributed by atoms with E-state index in [0.29, 0.717) is 11.4 Å². The summed E-state index contributed by atoms with van der Waals surface area (Å²) in [4.78, 5) is 4.16. The van der Waals surface area contributed by atoms with Gasteiger partial charge in [-0.3, -0.25) is 4.98 Å². The summed E-state index contributed by atoms with van der Waals surface area (Å²) in [5.74, 6) is -0.244. The smallest absolute Gasteiger partial charge is 0.123 e. The Balaban J connectivity index is 2.08. The predicted molar refractivity (Wildman–Crippen MR) is 66.3 cm³/mol. The van der Waals surface area contributed by atoms with Crippen molar-refractivity contribution in [2.24, 2.45) is 5.73 Å². The van der Waals surface area contributed by atoms with E-state index in [1.807, 2.05) is 0 Å². The molecule has 1 heterocycles. The van der Waals surface area contributed by atoms with Gasteiger partial charge in [-0.15, -0.1) is 0 Å². The summed E-state index contributed by atoms with van der Waals surface area (Å²) >= 11 is 5.75. The van der Waals surface area contributed by atoms with E-state index in [0.717, 1.165) is 11.3 Å². The topological polar surface area (TPSA) is 38.9 Å². The van der Waals surface area contributed by atoms with Crippen LogP contribution in [0.4, 0.5) is 4.39 Å². The molecule has 0 saturated carbocycles. The third-order valence-corrected chi connectivity index (χ3v) is 2.72. The summed E-state index contributed by atoms with van der Waals surface area (Å²) < 4.78 is 12.7. The molecule has 0 radical (unpaired) electrons. The monoisotopic (exact) mass is 250 g/mol. The van der Waals surface area contributed by atoms with Crippen molar-refractivity contribution in [2.75, 3.05) is 0 Å². The maximum Gasteiger partial charge on any atom is 0.123 e. The second-order valence-electron chi connectivity index (χ2n) is 3.84. The Morgan fingerprint density at radius 1 is 1.18 bits per heavy atom. The van der Waals surface area contributed by atoms with E-state index in [-0.39, 0.29) is 11.9 Å². The molecule has 17 heavy (non-hydrogen) atoms. The molecule has 0 spiro atoms. The highest BCUT2D eigenvalue weighted by Gasteiger charge is 2.08. The van der Waals surface area contributed by atoms with Crippen LogP contribution < -0.4 is 5.73 Å². The Bertz CT molecular complexity index is 482. The van der Waals surface area contributed by atoms with Gasteiger partial charge < -0.3 is 5.73 Å². The highest BCUT2D eigenvalue weighted by atomic mass is 35.5. The quantitative estimate of drug-likeness (QED) is 0.909. The molecule has 1 aromatic carbocycles. The van der Waals surface area contributed by atoms with Crippen LogP contribution >= 0.6 is 11.6 Å². The number of hydrogen-bond donors (Lipinski definition) is 1. The molecule has 0 amide bonds. The number of nitrogens with zero attached hydrogens (tertiary/aromatic N) is 1. The maximum atomic E-state index is 12.7. The Kier molecular flexibility index (Phi) is 3.71. The van der Waals surface area contributed by atoms with E-state index in [2.05, 4.69) is 4.98 Å². The average Bonchev–Trinajstić information content (AvgIpc) is 2.33. The molecule has 1 aromatic heterocycles. The fourth-order valence-electron chi connectivity index (χ4n) is 1.59. The van der Waals surface area contributed by atoms with Crippen molar-refractivity contribution in [3.8, 4) is 0 Å². The first kappa shape index (κ1) is 12.0. The third kappa shape index (κ3) is 3.25. The average molecular weight is 251 g/mol. The van der Waals surface area contributed by atoms with E-state index >= 15 is 0 Å². The van der Waals surface area contributed by atoms with E-state index in [1.165, 1.54) is 12.1 Å². The summed E-state index contributed by atoms with van der Waals surface area (Å²) in [7, 11) is 0. The van der Waals surface area contributed by atoms with Crippen molar-refractivity contribution in [3.05, 3.63) is 64.7 Å².